The van der Waals surface area contributed by atoms with Crippen LogP contribution in [-0.2, 0) is 6.54 Å². The van der Waals surface area contributed by atoms with Gasteiger partial charge in [0.15, 0.2) is 0 Å². The standard InChI is InChI=1S/C19H27NO/c1-21-15-6-4-5-13(9-15)12-20-19-11-14-10-18(19)17-8-3-2-7-16(14)17/h4-6,9,14,16-20H,2-3,7-8,10-12H2,1H3/t14?,16-,17-,18?,19+/m0/s1. The summed E-state index contributed by atoms with van der Waals surface area (Å²) in [7, 11) is 1.74. The maximum Gasteiger partial charge on any atom is 0.119 e. The van der Waals surface area contributed by atoms with Crippen LogP contribution in [0.1, 0.15) is 44.1 Å². The van der Waals surface area contributed by atoms with E-state index in [1.54, 1.807) is 7.11 Å². The lowest BCUT2D eigenvalue weighted by Crippen LogP contribution is -2.41. The van der Waals surface area contributed by atoms with Crippen LogP contribution in [0.15, 0.2) is 24.3 Å². The summed E-state index contributed by atoms with van der Waals surface area (Å²) in [4.78, 5) is 0. The lowest BCUT2D eigenvalue weighted by molar-refractivity contribution is 0.129. The highest BCUT2D eigenvalue weighted by Crippen LogP contribution is 2.57. The topological polar surface area (TPSA) is 21.3 Å². The van der Waals surface area contributed by atoms with Gasteiger partial charge in [-0.1, -0.05) is 25.0 Å². The van der Waals surface area contributed by atoms with E-state index >= 15 is 0 Å². The second-order valence-corrected chi connectivity index (χ2v) is 7.35. The van der Waals surface area contributed by atoms with Gasteiger partial charge in [-0.2, -0.15) is 0 Å². The maximum absolute atomic E-state index is 5.32. The predicted molar refractivity (Wildman–Crippen MR) is 85.3 cm³/mol. The highest BCUT2D eigenvalue weighted by molar-refractivity contribution is 5.28. The van der Waals surface area contributed by atoms with Crippen molar-refractivity contribution in [1.29, 1.82) is 0 Å². The van der Waals surface area contributed by atoms with Gasteiger partial charge in [-0.15, -0.1) is 0 Å². The van der Waals surface area contributed by atoms with Crippen molar-refractivity contribution in [3.05, 3.63) is 29.8 Å². The zero-order valence-electron chi connectivity index (χ0n) is 13.1. The van der Waals surface area contributed by atoms with Crippen molar-refractivity contribution >= 4 is 0 Å². The van der Waals surface area contributed by atoms with Gasteiger partial charge in [0.1, 0.15) is 5.75 Å². The van der Waals surface area contributed by atoms with Crippen LogP contribution in [0.3, 0.4) is 0 Å². The lowest BCUT2D eigenvalue weighted by Gasteiger charge is -2.39. The van der Waals surface area contributed by atoms with E-state index in [4.69, 9.17) is 4.74 Å². The van der Waals surface area contributed by atoms with Crippen LogP contribution in [0.2, 0.25) is 0 Å². The number of benzene rings is 1. The SMILES string of the molecule is COc1cccc(CN[C@@H]2CC3CC2[C@H]2CCCC[C@@H]32)c1. The lowest BCUT2D eigenvalue weighted by atomic mass is 9.69. The number of nitrogens with one attached hydrogen (secondary N) is 1. The van der Waals surface area contributed by atoms with Gasteiger partial charge in [0, 0.05) is 12.6 Å². The summed E-state index contributed by atoms with van der Waals surface area (Å²) in [6, 6.07) is 9.23. The van der Waals surface area contributed by atoms with Gasteiger partial charge in [-0.05, 0) is 67.1 Å². The Bertz CT molecular complexity index is 500. The number of fused-ring (bicyclic) bond motifs is 5. The van der Waals surface area contributed by atoms with Crippen LogP contribution in [0.4, 0.5) is 0 Å². The van der Waals surface area contributed by atoms with Gasteiger partial charge in [-0.25, -0.2) is 0 Å². The van der Waals surface area contributed by atoms with E-state index in [9.17, 15) is 0 Å². The first-order chi connectivity index (χ1) is 10.3. The highest BCUT2D eigenvalue weighted by atomic mass is 16.5. The summed E-state index contributed by atoms with van der Waals surface area (Å²) in [6.45, 7) is 0.989. The Morgan fingerprint density at radius 3 is 2.81 bits per heavy atom. The van der Waals surface area contributed by atoms with Crippen molar-refractivity contribution in [2.45, 2.75) is 51.1 Å². The highest BCUT2D eigenvalue weighted by Gasteiger charge is 2.52. The average Bonchev–Trinajstić information content (AvgIpc) is 3.12. The Kier molecular flexibility index (Phi) is 3.66. The largest absolute Gasteiger partial charge is 0.497 e. The monoisotopic (exact) mass is 285 g/mol. The number of hydrogen-bond donors (Lipinski definition) is 1. The first kappa shape index (κ1) is 13.6. The molecule has 3 fully saturated rings. The average molecular weight is 285 g/mol. The Morgan fingerprint density at radius 1 is 1.10 bits per heavy atom. The predicted octanol–water partition coefficient (Wildman–Crippen LogP) is 4.00. The smallest absolute Gasteiger partial charge is 0.119 e. The molecular formula is C19H27NO. The van der Waals surface area contributed by atoms with Gasteiger partial charge in [0.25, 0.3) is 0 Å². The van der Waals surface area contributed by atoms with Crippen molar-refractivity contribution in [1.82, 2.24) is 5.32 Å². The van der Waals surface area contributed by atoms with Gasteiger partial charge >= 0.3 is 0 Å². The second kappa shape index (κ2) is 5.64. The van der Waals surface area contributed by atoms with Crippen molar-refractivity contribution in [3.63, 3.8) is 0 Å². The molecule has 0 heterocycles. The van der Waals surface area contributed by atoms with E-state index in [1.807, 2.05) is 6.07 Å². The normalized spacial score (nSPS) is 37.5. The van der Waals surface area contributed by atoms with Gasteiger partial charge in [-0.3, -0.25) is 0 Å². The molecule has 2 heteroatoms. The summed E-state index contributed by atoms with van der Waals surface area (Å²) in [6.07, 6.45) is 8.93. The molecule has 3 aliphatic carbocycles. The summed E-state index contributed by atoms with van der Waals surface area (Å²) in [5.74, 6) is 5.09. The molecule has 0 amide bonds. The molecular weight excluding hydrogens is 258 g/mol. The van der Waals surface area contributed by atoms with E-state index in [0.29, 0.717) is 0 Å². The number of hydrogen-bond acceptors (Lipinski definition) is 2. The molecule has 1 aromatic rings. The van der Waals surface area contributed by atoms with Gasteiger partial charge in [0.05, 0.1) is 7.11 Å². The van der Waals surface area contributed by atoms with E-state index in [1.165, 1.54) is 44.1 Å². The molecule has 4 rings (SSSR count). The van der Waals surface area contributed by atoms with E-state index in [2.05, 4.69) is 23.5 Å². The number of ether oxygens (including phenoxy) is 1. The van der Waals surface area contributed by atoms with Gasteiger partial charge in [0.2, 0.25) is 0 Å². The summed E-state index contributed by atoms with van der Waals surface area (Å²) in [5.41, 5.74) is 1.34. The molecule has 0 spiro atoms. The Morgan fingerprint density at radius 2 is 1.95 bits per heavy atom. The number of methoxy groups -OCH3 is 1. The van der Waals surface area contributed by atoms with E-state index in [-0.39, 0.29) is 0 Å². The van der Waals surface area contributed by atoms with Crippen LogP contribution in [-0.4, -0.2) is 13.2 Å². The third-order valence-corrected chi connectivity index (χ3v) is 6.38. The summed E-state index contributed by atoms with van der Waals surface area (Å²) < 4.78 is 5.32. The third-order valence-electron chi connectivity index (χ3n) is 6.38. The van der Waals surface area contributed by atoms with Crippen LogP contribution in [0.5, 0.6) is 5.75 Å². The molecule has 0 saturated heterocycles. The van der Waals surface area contributed by atoms with Crippen molar-refractivity contribution in [3.8, 4) is 5.75 Å². The summed E-state index contributed by atoms with van der Waals surface area (Å²) >= 11 is 0. The zero-order valence-corrected chi connectivity index (χ0v) is 13.1. The van der Waals surface area contributed by atoms with Crippen molar-refractivity contribution in [2.75, 3.05) is 7.11 Å². The van der Waals surface area contributed by atoms with Crippen molar-refractivity contribution in [2.24, 2.45) is 23.7 Å². The van der Waals surface area contributed by atoms with E-state index in [0.717, 1.165) is 42.0 Å². The minimum absolute atomic E-state index is 0.764. The molecule has 2 nitrogen and oxygen atoms in total. The molecule has 0 aliphatic heterocycles. The quantitative estimate of drug-likeness (QED) is 0.903. The minimum Gasteiger partial charge on any atom is -0.497 e. The maximum atomic E-state index is 5.32. The Labute approximate surface area is 128 Å². The molecule has 3 aliphatic rings. The molecule has 2 bridgehead atoms. The molecule has 114 valence electrons. The van der Waals surface area contributed by atoms with Crippen LogP contribution >= 0.6 is 0 Å². The van der Waals surface area contributed by atoms with E-state index < -0.39 is 0 Å². The Balaban J connectivity index is 1.38. The molecule has 5 atom stereocenters. The van der Waals surface area contributed by atoms with Gasteiger partial charge < -0.3 is 10.1 Å². The molecule has 1 aromatic carbocycles. The first-order valence-electron chi connectivity index (χ1n) is 8.71. The second-order valence-electron chi connectivity index (χ2n) is 7.35. The number of rotatable bonds is 4. The molecule has 0 aromatic heterocycles. The molecule has 0 radical (unpaired) electrons. The summed E-state index contributed by atoms with van der Waals surface area (Å²) in [5, 5.41) is 3.86. The fourth-order valence-electron chi connectivity index (χ4n) is 5.50. The zero-order chi connectivity index (χ0) is 14.2. The third kappa shape index (κ3) is 2.48. The molecule has 3 saturated carbocycles. The molecule has 21 heavy (non-hydrogen) atoms. The van der Waals surface area contributed by atoms with Crippen LogP contribution < -0.4 is 10.1 Å². The minimum atomic E-state index is 0.764. The van der Waals surface area contributed by atoms with Crippen LogP contribution in [0.25, 0.3) is 0 Å². The molecule has 1 N–H and O–H groups in total. The fraction of sp³-hybridized carbons (Fsp3) is 0.684. The molecule has 2 unspecified atom stereocenters. The van der Waals surface area contributed by atoms with Crippen LogP contribution in [0, 0.1) is 23.7 Å². The Hall–Kier alpha value is -1.02. The first-order valence-corrected chi connectivity index (χ1v) is 8.71. The van der Waals surface area contributed by atoms with Crippen molar-refractivity contribution < 1.29 is 4.74 Å². The fourth-order valence-corrected chi connectivity index (χ4v) is 5.50.